The van der Waals surface area contributed by atoms with Crippen molar-refractivity contribution in [2.24, 2.45) is 5.92 Å². The lowest BCUT2D eigenvalue weighted by Gasteiger charge is -2.17. The van der Waals surface area contributed by atoms with E-state index in [9.17, 15) is 14.4 Å². The lowest BCUT2D eigenvalue weighted by Crippen LogP contribution is -2.35. The highest BCUT2D eigenvalue weighted by atomic mass is 16.5. The van der Waals surface area contributed by atoms with Gasteiger partial charge in [0.25, 0.3) is 0 Å². The van der Waals surface area contributed by atoms with Gasteiger partial charge in [0.15, 0.2) is 0 Å². The average molecular weight is 472 g/mol. The van der Waals surface area contributed by atoms with Gasteiger partial charge in [0.2, 0.25) is 5.91 Å². The summed E-state index contributed by atoms with van der Waals surface area (Å²) in [4.78, 5) is 39.9. The largest absolute Gasteiger partial charge is 0.477 e. The third-order valence-electron chi connectivity index (χ3n) is 6.72. The number of carbonyl (C=O) groups excluding carboxylic acids is 2. The summed E-state index contributed by atoms with van der Waals surface area (Å²) in [6, 6.07) is 19.1. The molecule has 2 aromatic carbocycles. The first kappa shape index (κ1) is 22.6. The number of benzene rings is 2. The van der Waals surface area contributed by atoms with Gasteiger partial charge in [0, 0.05) is 17.9 Å². The number of carboxylic acid groups (broad SMARTS) is 1. The number of rotatable bonds is 6. The average Bonchev–Trinajstić information content (AvgIpc) is 3.46. The van der Waals surface area contributed by atoms with Crippen LogP contribution >= 0.6 is 0 Å². The van der Waals surface area contributed by atoms with Gasteiger partial charge in [-0.25, -0.2) is 14.6 Å². The SMILES string of the molecule is O=C(NC1CCC(C(=O)Nc2ccc(C(=O)O)nc2)C1)OCC1c2ccccc2-c2ccccc21. The number of amides is 2. The summed E-state index contributed by atoms with van der Waals surface area (Å²) >= 11 is 0. The van der Waals surface area contributed by atoms with Crippen molar-refractivity contribution in [1.82, 2.24) is 10.3 Å². The highest BCUT2D eigenvalue weighted by molar-refractivity contribution is 5.93. The maximum atomic E-state index is 12.6. The quantitative estimate of drug-likeness (QED) is 0.490. The van der Waals surface area contributed by atoms with E-state index in [1.54, 1.807) is 0 Å². The van der Waals surface area contributed by atoms with Crippen LogP contribution in [0, 0.1) is 5.92 Å². The van der Waals surface area contributed by atoms with Gasteiger partial charge in [-0.15, -0.1) is 0 Å². The van der Waals surface area contributed by atoms with Gasteiger partial charge in [-0.3, -0.25) is 4.79 Å². The van der Waals surface area contributed by atoms with Crippen molar-refractivity contribution in [1.29, 1.82) is 0 Å². The molecule has 178 valence electrons. The number of nitrogens with one attached hydrogen (secondary N) is 2. The Balaban J connectivity index is 1.13. The second kappa shape index (κ2) is 9.58. The van der Waals surface area contributed by atoms with Crippen LogP contribution < -0.4 is 10.6 Å². The van der Waals surface area contributed by atoms with Gasteiger partial charge in [0.05, 0.1) is 11.9 Å². The summed E-state index contributed by atoms with van der Waals surface area (Å²) in [5, 5.41) is 14.6. The number of hydrogen-bond donors (Lipinski definition) is 3. The Hall–Kier alpha value is -4.20. The topological polar surface area (TPSA) is 118 Å². The molecule has 1 fully saturated rings. The second-order valence-electron chi connectivity index (χ2n) is 8.90. The third-order valence-corrected chi connectivity index (χ3v) is 6.72. The number of ether oxygens (including phenoxy) is 1. The number of pyridine rings is 1. The molecule has 2 amide bonds. The predicted octanol–water partition coefficient (Wildman–Crippen LogP) is 4.43. The molecule has 1 saturated carbocycles. The Morgan fingerprint density at radius 2 is 1.63 bits per heavy atom. The number of hydrogen-bond acceptors (Lipinski definition) is 5. The van der Waals surface area contributed by atoms with E-state index in [2.05, 4.69) is 39.9 Å². The molecule has 1 heterocycles. The van der Waals surface area contributed by atoms with Gasteiger partial charge in [0.1, 0.15) is 12.3 Å². The maximum absolute atomic E-state index is 12.6. The van der Waals surface area contributed by atoms with Crippen LogP contribution in [0.15, 0.2) is 66.9 Å². The van der Waals surface area contributed by atoms with Crippen molar-refractivity contribution in [3.8, 4) is 11.1 Å². The van der Waals surface area contributed by atoms with E-state index in [0.717, 1.165) is 11.1 Å². The molecule has 8 heteroatoms. The van der Waals surface area contributed by atoms with Crippen LogP contribution in [0.1, 0.15) is 46.8 Å². The van der Waals surface area contributed by atoms with Gasteiger partial charge in [-0.2, -0.15) is 0 Å². The van der Waals surface area contributed by atoms with Crippen LogP contribution in [0.4, 0.5) is 10.5 Å². The molecule has 8 nitrogen and oxygen atoms in total. The van der Waals surface area contributed by atoms with E-state index in [-0.39, 0.29) is 36.1 Å². The highest BCUT2D eigenvalue weighted by Crippen LogP contribution is 2.44. The number of fused-ring (bicyclic) bond motifs is 3. The fourth-order valence-electron chi connectivity index (χ4n) is 5.00. The molecule has 3 N–H and O–H groups in total. The minimum absolute atomic E-state index is 0.00335. The van der Waals surface area contributed by atoms with Crippen LogP contribution in [-0.2, 0) is 9.53 Å². The van der Waals surface area contributed by atoms with Crippen molar-refractivity contribution >= 4 is 23.7 Å². The van der Waals surface area contributed by atoms with E-state index in [4.69, 9.17) is 9.84 Å². The number of alkyl carbamates (subject to hydrolysis) is 1. The van der Waals surface area contributed by atoms with E-state index >= 15 is 0 Å². The second-order valence-corrected chi connectivity index (χ2v) is 8.90. The van der Waals surface area contributed by atoms with E-state index in [1.807, 2.05) is 24.3 Å². The highest BCUT2D eigenvalue weighted by Gasteiger charge is 2.32. The third kappa shape index (κ3) is 4.73. The molecular formula is C27H25N3O5. The molecule has 0 saturated heterocycles. The number of carboxylic acids is 1. The Labute approximate surface area is 202 Å². The Morgan fingerprint density at radius 3 is 2.26 bits per heavy atom. The Morgan fingerprint density at radius 1 is 0.943 bits per heavy atom. The lowest BCUT2D eigenvalue weighted by molar-refractivity contribution is -0.119. The summed E-state index contributed by atoms with van der Waals surface area (Å²) < 4.78 is 5.62. The predicted molar refractivity (Wildman–Crippen MR) is 129 cm³/mol. The van der Waals surface area contributed by atoms with E-state index in [0.29, 0.717) is 24.9 Å². The maximum Gasteiger partial charge on any atom is 0.407 e. The molecule has 2 atom stereocenters. The fourth-order valence-corrected chi connectivity index (χ4v) is 5.00. The van der Waals surface area contributed by atoms with Crippen molar-refractivity contribution in [2.75, 3.05) is 11.9 Å². The standard InChI is InChI=1S/C27H25N3O5/c31-25(29-18-11-12-24(26(32)33)28-14-18)16-9-10-17(13-16)30-27(34)35-15-23-21-7-3-1-5-19(21)20-6-2-4-8-22(20)23/h1-8,11-12,14,16-17,23H,9-10,13,15H2,(H,29,31)(H,30,34)(H,32,33). The van der Waals surface area contributed by atoms with Gasteiger partial charge >= 0.3 is 12.1 Å². The van der Waals surface area contributed by atoms with Crippen LogP contribution in [0.25, 0.3) is 11.1 Å². The van der Waals surface area contributed by atoms with Crippen molar-refractivity contribution in [3.05, 3.63) is 83.7 Å². The Kier molecular flexibility index (Phi) is 6.18. The lowest BCUT2D eigenvalue weighted by atomic mass is 9.98. The molecule has 3 aromatic rings. The molecule has 0 bridgehead atoms. The number of carbonyl (C=O) groups is 3. The van der Waals surface area contributed by atoms with Gasteiger partial charge in [-0.05, 0) is 53.6 Å². The van der Waals surface area contributed by atoms with Gasteiger partial charge < -0.3 is 20.5 Å². The molecule has 0 aliphatic heterocycles. The minimum Gasteiger partial charge on any atom is -0.477 e. The molecular weight excluding hydrogens is 446 g/mol. The monoisotopic (exact) mass is 471 g/mol. The summed E-state index contributed by atoms with van der Waals surface area (Å²) in [6.45, 7) is 0.246. The molecule has 1 aromatic heterocycles. The number of aromatic nitrogens is 1. The van der Waals surface area contributed by atoms with Gasteiger partial charge in [-0.1, -0.05) is 48.5 Å². The molecule has 5 rings (SSSR count). The molecule has 35 heavy (non-hydrogen) atoms. The summed E-state index contributed by atoms with van der Waals surface area (Å²) in [5.74, 6) is -1.56. The normalized spacial score (nSPS) is 18.4. The molecule has 2 aliphatic rings. The molecule has 2 unspecified atom stereocenters. The smallest absolute Gasteiger partial charge is 0.407 e. The number of nitrogens with zero attached hydrogens (tertiary/aromatic N) is 1. The van der Waals surface area contributed by atoms with Crippen LogP contribution in [0.2, 0.25) is 0 Å². The fraction of sp³-hybridized carbons (Fsp3) is 0.259. The molecule has 0 radical (unpaired) electrons. The first-order valence-corrected chi connectivity index (χ1v) is 11.6. The number of anilines is 1. The molecule has 2 aliphatic carbocycles. The molecule has 0 spiro atoms. The van der Waals surface area contributed by atoms with Crippen LogP contribution in [-0.4, -0.2) is 40.7 Å². The van der Waals surface area contributed by atoms with Crippen molar-refractivity contribution in [3.63, 3.8) is 0 Å². The number of aromatic carboxylic acids is 1. The van der Waals surface area contributed by atoms with Crippen molar-refractivity contribution in [2.45, 2.75) is 31.2 Å². The first-order valence-electron chi connectivity index (χ1n) is 11.6. The van der Waals surface area contributed by atoms with Crippen molar-refractivity contribution < 1.29 is 24.2 Å². The van der Waals surface area contributed by atoms with Crippen LogP contribution in [0.3, 0.4) is 0 Å². The summed E-state index contributed by atoms with van der Waals surface area (Å²) in [5.41, 5.74) is 5.02. The zero-order valence-electron chi connectivity index (χ0n) is 18.9. The summed E-state index contributed by atoms with van der Waals surface area (Å²) in [7, 11) is 0. The zero-order valence-corrected chi connectivity index (χ0v) is 18.9. The van der Waals surface area contributed by atoms with Crippen LogP contribution in [0.5, 0.6) is 0 Å². The minimum atomic E-state index is -1.12. The van der Waals surface area contributed by atoms with E-state index in [1.165, 1.54) is 29.5 Å². The summed E-state index contributed by atoms with van der Waals surface area (Å²) in [6.07, 6.45) is 2.67. The first-order chi connectivity index (χ1) is 17.0. The zero-order chi connectivity index (χ0) is 24.4. The van der Waals surface area contributed by atoms with E-state index < -0.39 is 12.1 Å². The Bertz CT molecular complexity index is 1230.